The monoisotopic (exact) mass is 432 g/mol. The quantitative estimate of drug-likeness (QED) is 0.721. The van der Waals surface area contributed by atoms with Gasteiger partial charge in [0, 0.05) is 36.5 Å². The second-order valence-electron chi connectivity index (χ2n) is 10.4. The van der Waals surface area contributed by atoms with Crippen LogP contribution in [0.3, 0.4) is 0 Å². The minimum Gasteiger partial charge on any atom is -0.345 e. The van der Waals surface area contributed by atoms with E-state index in [2.05, 4.69) is 106 Å². The second kappa shape index (κ2) is 7.73. The zero-order valence-electron chi connectivity index (χ0n) is 19.9. The Bertz CT molecular complexity index is 880. The third-order valence-corrected chi connectivity index (χ3v) is 8.00. The molecule has 6 heteroatoms. The zero-order chi connectivity index (χ0) is 22.0. The molecule has 0 radical (unpaired) electrons. The van der Waals surface area contributed by atoms with E-state index in [-0.39, 0.29) is 0 Å². The Balaban J connectivity index is 1.28. The van der Waals surface area contributed by atoms with Crippen LogP contribution in [-0.4, -0.2) is 83.8 Å². The van der Waals surface area contributed by atoms with Crippen molar-refractivity contribution in [3.8, 4) is 0 Å². The van der Waals surface area contributed by atoms with Crippen LogP contribution >= 0.6 is 0 Å². The summed E-state index contributed by atoms with van der Waals surface area (Å²) in [5, 5.41) is 0. The first-order valence-electron chi connectivity index (χ1n) is 12.1. The molecule has 4 saturated heterocycles. The van der Waals surface area contributed by atoms with Crippen molar-refractivity contribution in [2.24, 2.45) is 0 Å². The summed E-state index contributed by atoms with van der Waals surface area (Å²) in [4.78, 5) is 16.1. The summed E-state index contributed by atoms with van der Waals surface area (Å²) in [5.74, 6) is 0. The third-order valence-electron chi connectivity index (χ3n) is 8.00. The van der Waals surface area contributed by atoms with Crippen molar-refractivity contribution in [2.75, 3.05) is 49.6 Å². The van der Waals surface area contributed by atoms with Crippen LogP contribution in [0.1, 0.15) is 25.0 Å². The molecule has 4 unspecified atom stereocenters. The molecule has 4 atom stereocenters. The zero-order valence-corrected chi connectivity index (χ0v) is 19.9. The maximum absolute atomic E-state index is 2.75. The summed E-state index contributed by atoms with van der Waals surface area (Å²) >= 11 is 0. The molecule has 4 heterocycles. The largest absolute Gasteiger partial charge is 0.345 e. The fourth-order valence-corrected chi connectivity index (χ4v) is 6.25. The number of piperazine rings is 2. The highest BCUT2D eigenvalue weighted by Gasteiger charge is 2.54. The predicted octanol–water partition coefficient (Wildman–Crippen LogP) is 3.14. The van der Waals surface area contributed by atoms with Crippen molar-refractivity contribution in [2.45, 2.75) is 52.1 Å². The van der Waals surface area contributed by atoms with Gasteiger partial charge in [-0.25, -0.2) is 0 Å². The molecule has 2 aromatic rings. The van der Waals surface area contributed by atoms with Gasteiger partial charge in [0.2, 0.25) is 0 Å². The van der Waals surface area contributed by atoms with Crippen LogP contribution in [0.15, 0.2) is 48.5 Å². The van der Waals surface area contributed by atoms with Gasteiger partial charge in [-0.05, 0) is 52.0 Å². The van der Waals surface area contributed by atoms with Gasteiger partial charge in [-0.2, -0.15) is 0 Å². The van der Waals surface area contributed by atoms with E-state index in [1.54, 1.807) is 0 Å². The summed E-state index contributed by atoms with van der Waals surface area (Å²) in [5.41, 5.74) is 5.34. The Morgan fingerprint density at radius 3 is 1.31 bits per heavy atom. The number of hydrogen-bond donors (Lipinski definition) is 0. The van der Waals surface area contributed by atoms with Crippen LogP contribution in [0.5, 0.6) is 0 Å². The van der Waals surface area contributed by atoms with E-state index in [1.807, 2.05) is 0 Å². The molecule has 4 aliphatic rings. The molecule has 0 bridgehead atoms. The molecular formula is C26H36N6. The average molecular weight is 433 g/mol. The van der Waals surface area contributed by atoms with Gasteiger partial charge in [-0.3, -0.25) is 19.6 Å². The van der Waals surface area contributed by atoms with Gasteiger partial charge in [-0.15, -0.1) is 0 Å². The lowest BCUT2D eigenvalue weighted by Gasteiger charge is -2.67. The first kappa shape index (κ1) is 20.5. The van der Waals surface area contributed by atoms with Crippen LogP contribution in [0.2, 0.25) is 0 Å². The molecule has 0 N–H and O–H groups in total. The molecule has 170 valence electrons. The number of rotatable bonds is 2. The molecule has 0 aliphatic carbocycles. The molecule has 0 amide bonds. The predicted molar refractivity (Wildman–Crippen MR) is 130 cm³/mol. The van der Waals surface area contributed by atoms with Crippen LogP contribution < -0.4 is 9.80 Å². The standard InChI is InChI=1S/C26H36N6/c1-19-5-9-23(10-6-19)29-15-27-13-22(4)32-18-30(24-11-7-20(2)8-12-24)16-28-14-21(3)31(17-29)25(27)26(28)32/h5-12,21-22,25-26H,13-18H2,1-4H3. The van der Waals surface area contributed by atoms with Gasteiger partial charge >= 0.3 is 0 Å². The Morgan fingerprint density at radius 1 is 0.562 bits per heavy atom. The van der Waals surface area contributed by atoms with Crippen molar-refractivity contribution >= 4 is 11.4 Å². The lowest BCUT2D eigenvalue weighted by Crippen LogP contribution is -2.84. The van der Waals surface area contributed by atoms with Gasteiger partial charge in [0.15, 0.2) is 0 Å². The van der Waals surface area contributed by atoms with E-state index < -0.39 is 0 Å². The van der Waals surface area contributed by atoms with E-state index in [9.17, 15) is 0 Å². The first-order valence-corrected chi connectivity index (χ1v) is 12.1. The smallest absolute Gasteiger partial charge is 0.0953 e. The van der Waals surface area contributed by atoms with Crippen molar-refractivity contribution in [3.05, 3.63) is 59.7 Å². The van der Waals surface area contributed by atoms with Crippen molar-refractivity contribution in [3.63, 3.8) is 0 Å². The Hall–Kier alpha value is -2.12. The average Bonchev–Trinajstić information content (AvgIpc) is 2.79. The summed E-state index contributed by atoms with van der Waals surface area (Å²) in [6, 6.07) is 19.2. The van der Waals surface area contributed by atoms with Crippen molar-refractivity contribution in [1.29, 1.82) is 0 Å². The fourth-order valence-electron chi connectivity index (χ4n) is 6.25. The second-order valence-corrected chi connectivity index (χ2v) is 10.4. The van der Waals surface area contributed by atoms with Gasteiger partial charge in [0.25, 0.3) is 0 Å². The Kier molecular flexibility index (Phi) is 4.95. The lowest BCUT2D eigenvalue weighted by molar-refractivity contribution is -0.207. The SMILES string of the molecule is Cc1ccc(N2CN3CC(C)N4CN(c5ccc(C)cc5)CN5CC(C)N(C2)C3C54)cc1. The fraction of sp³-hybridized carbons (Fsp3) is 0.538. The number of nitrogens with zero attached hydrogens (tertiary/aromatic N) is 6. The normalized spacial score (nSPS) is 31.6. The minimum absolute atomic E-state index is 0.469. The number of aryl methyl sites for hydroxylation is 2. The summed E-state index contributed by atoms with van der Waals surface area (Å²) in [6.45, 7) is 15.5. The minimum atomic E-state index is 0.469. The van der Waals surface area contributed by atoms with Crippen molar-refractivity contribution in [1.82, 2.24) is 19.6 Å². The van der Waals surface area contributed by atoms with Crippen LogP contribution in [0, 0.1) is 13.8 Å². The number of anilines is 2. The van der Waals surface area contributed by atoms with E-state index in [4.69, 9.17) is 0 Å². The Morgan fingerprint density at radius 2 is 0.938 bits per heavy atom. The number of hydrogen-bond acceptors (Lipinski definition) is 6. The molecule has 4 aliphatic heterocycles. The van der Waals surface area contributed by atoms with Gasteiger partial charge in [0.1, 0.15) is 0 Å². The molecular weight excluding hydrogens is 396 g/mol. The van der Waals surface area contributed by atoms with Gasteiger partial charge in [0.05, 0.1) is 39.0 Å². The Labute approximate surface area is 192 Å². The molecule has 2 aromatic carbocycles. The topological polar surface area (TPSA) is 19.4 Å². The lowest BCUT2D eigenvalue weighted by atomic mass is 9.99. The molecule has 0 aromatic heterocycles. The van der Waals surface area contributed by atoms with E-state index in [0.717, 1.165) is 39.8 Å². The first-order chi connectivity index (χ1) is 15.5. The molecule has 0 saturated carbocycles. The highest BCUT2D eigenvalue weighted by Crippen LogP contribution is 2.38. The molecule has 0 spiro atoms. The van der Waals surface area contributed by atoms with E-state index in [0.29, 0.717) is 24.4 Å². The van der Waals surface area contributed by atoms with Gasteiger partial charge in [-0.1, -0.05) is 35.4 Å². The highest BCUT2D eigenvalue weighted by atomic mass is 15.7. The maximum Gasteiger partial charge on any atom is 0.0953 e. The molecule has 6 nitrogen and oxygen atoms in total. The van der Waals surface area contributed by atoms with E-state index in [1.165, 1.54) is 22.5 Å². The van der Waals surface area contributed by atoms with Crippen molar-refractivity contribution < 1.29 is 0 Å². The summed E-state index contributed by atoms with van der Waals surface area (Å²) in [7, 11) is 0. The number of benzene rings is 2. The van der Waals surface area contributed by atoms with Crippen LogP contribution in [0.25, 0.3) is 0 Å². The van der Waals surface area contributed by atoms with Crippen LogP contribution in [-0.2, 0) is 0 Å². The summed E-state index contributed by atoms with van der Waals surface area (Å²) in [6.07, 6.45) is 0.939. The molecule has 32 heavy (non-hydrogen) atoms. The van der Waals surface area contributed by atoms with E-state index >= 15 is 0 Å². The highest BCUT2D eigenvalue weighted by molar-refractivity contribution is 5.49. The van der Waals surface area contributed by atoms with Crippen LogP contribution in [0.4, 0.5) is 11.4 Å². The molecule has 6 rings (SSSR count). The third kappa shape index (κ3) is 3.32. The summed E-state index contributed by atoms with van der Waals surface area (Å²) < 4.78 is 0. The molecule has 4 fully saturated rings. The maximum atomic E-state index is 2.75. The van der Waals surface area contributed by atoms with Gasteiger partial charge < -0.3 is 9.80 Å².